The molecule has 0 bridgehead atoms. The fourth-order valence-electron chi connectivity index (χ4n) is 0.977. The molecule has 1 N–H and O–H groups in total. The van der Waals surface area contributed by atoms with Crippen LogP contribution in [0.15, 0.2) is 4.99 Å². The number of nitrogens with zero attached hydrogens (tertiary/aromatic N) is 1. The second-order valence-corrected chi connectivity index (χ2v) is 2.41. The third-order valence-electron chi connectivity index (χ3n) is 1.54. The van der Waals surface area contributed by atoms with E-state index in [0.29, 0.717) is 13.2 Å². The highest BCUT2D eigenvalue weighted by Crippen LogP contribution is 2.07. The molecule has 1 rings (SSSR count). The topological polar surface area (TPSA) is 68.1 Å². The zero-order valence-electron chi connectivity index (χ0n) is 6.82. The van der Waals surface area contributed by atoms with Gasteiger partial charge in [-0.1, -0.05) is 0 Å². The first-order valence-corrected chi connectivity index (χ1v) is 3.64. The Labute approximate surface area is 70.0 Å². The second-order valence-electron chi connectivity index (χ2n) is 2.41. The number of rotatable bonds is 4. The molecule has 0 spiro atoms. The van der Waals surface area contributed by atoms with E-state index >= 15 is 0 Å². The Bertz CT molecular complexity index is 202. The third-order valence-corrected chi connectivity index (χ3v) is 1.54. The summed E-state index contributed by atoms with van der Waals surface area (Å²) >= 11 is 0. The molecule has 0 aromatic heterocycles. The summed E-state index contributed by atoms with van der Waals surface area (Å²) in [5.74, 6) is -1.43. The molecular weight excluding hydrogens is 162 g/mol. The van der Waals surface area contributed by atoms with Crippen LogP contribution in [0.3, 0.4) is 0 Å². The number of carboxylic acids is 1. The van der Waals surface area contributed by atoms with Crippen molar-refractivity contribution in [2.75, 3.05) is 26.9 Å². The summed E-state index contributed by atoms with van der Waals surface area (Å²) in [6.45, 7) is 1.12. The van der Waals surface area contributed by atoms with E-state index in [4.69, 9.17) is 14.6 Å². The zero-order chi connectivity index (χ0) is 8.97. The molecule has 5 nitrogen and oxygen atoms in total. The van der Waals surface area contributed by atoms with Crippen molar-refractivity contribution in [1.29, 1.82) is 0 Å². The van der Waals surface area contributed by atoms with Crippen LogP contribution < -0.4 is 0 Å². The quantitative estimate of drug-likeness (QED) is 0.637. The first kappa shape index (κ1) is 8.99. The minimum atomic E-state index is -0.961. The predicted octanol–water partition coefficient (Wildman–Crippen LogP) is -0.238. The molecule has 1 aliphatic rings. The number of carbonyl (C=O) groups is 1. The summed E-state index contributed by atoms with van der Waals surface area (Å²) in [6.07, 6.45) is 0. The third kappa shape index (κ3) is 1.94. The lowest BCUT2D eigenvalue weighted by molar-refractivity contribution is -0.141. The Hall–Kier alpha value is -1.10. The van der Waals surface area contributed by atoms with Gasteiger partial charge < -0.3 is 14.6 Å². The van der Waals surface area contributed by atoms with Crippen LogP contribution >= 0.6 is 0 Å². The highest BCUT2D eigenvalue weighted by Gasteiger charge is 2.27. The van der Waals surface area contributed by atoms with Gasteiger partial charge in [0.15, 0.2) is 5.92 Å². The summed E-state index contributed by atoms with van der Waals surface area (Å²) in [7, 11) is 1.45. The van der Waals surface area contributed by atoms with Gasteiger partial charge in [0.2, 0.25) is 5.90 Å². The summed E-state index contributed by atoms with van der Waals surface area (Å²) in [6, 6.07) is 0. The van der Waals surface area contributed by atoms with Gasteiger partial charge in [0, 0.05) is 7.11 Å². The van der Waals surface area contributed by atoms with E-state index in [9.17, 15) is 4.79 Å². The van der Waals surface area contributed by atoms with Crippen LogP contribution in [0.2, 0.25) is 0 Å². The maximum atomic E-state index is 10.6. The van der Waals surface area contributed by atoms with Crippen molar-refractivity contribution in [2.45, 2.75) is 0 Å². The highest BCUT2D eigenvalue weighted by molar-refractivity contribution is 5.97. The molecule has 0 aromatic carbocycles. The van der Waals surface area contributed by atoms with Crippen LogP contribution in [0.5, 0.6) is 0 Å². The van der Waals surface area contributed by atoms with Crippen LogP contribution in [0, 0.1) is 5.92 Å². The molecule has 1 heterocycles. The molecule has 1 atom stereocenters. The summed E-state index contributed by atoms with van der Waals surface area (Å²) in [5.41, 5.74) is 0. The van der Waals surface area contributed by atoms with Gasteiger partial charge in [0.25, 0.3) is 0 Å². The molecule has 68 valence electrons. The number of hydrogen-bond donors (Lipinski definition) is 1. The normalized spacial score (nSPS) is 18.2. The van der Waals surface area contributed by atoms with Crippen molar-refractivity contribution in [3.8, 4) is 0 Å². The maximum Gasteiger partial charge on any atom is 0.318 e. The largest absolute Gasteiger partial charge is 0.481 e. The Morgan fingerprint density at radius 1 is 1.92 bits per heavy atom. The van der Waals surface area contributed by atoms with Gasteiger partial charge in [0.1, 0.15) is 6.61 Å². The molecule has 0 saturated carbocycles. The summed E-state index contributed by atoms with van der Waals surface area (Å²) in [5, 5.41) is 8.72. The van der Waals surface area contributed by atoms with E-state index in [-0.39, 0.29) is 12.5 Å². The van der Waals surface area contributed by atoms with Crippen molar-refractivity contribution >= 4 is 11.9 Å². The number of aliphatic imine (C=N–C) groups is 1. The minimum Gasteiger partial charge on any atom is -0.481 e. The van der Waals surface area contributed by atoms with Crippen LogP contribution in [0.4, 0.5) is 0 Å². The first-order valence-electron chi connectivity index (χ1n) is 3.64. The smallest absolute Gasteiger partial charge is 0.318 e. The molecular formula is C7H11NO4. The second kappa shape index (κ2) is 4.06. The van der Waals surface area contributed by atoms with E-state index < -0.39 is 11.9 Å². The molecule has 0 fully saturated rings. The Kier molecular flexibility index (Phi) is 3.04. The zero-order valence-corrected chi connectivity index (χ0v) is 6.82. The lowest BCUT2D eigenvalue weighted by atomic mass is 10.1. The number of hydrogen-bond acceptors (Lipinski definition) is 4. The monoisotopic (exact) mass is 173 g/mol. The highest BCUT2D eigenvalue weighted by atomic mass is 16.5. The molecule has 12 heavy (non-hydrogen) atoms. The number of ether oxygens (including phenoxy) is 2. The van der Waals surface area contributed by atoms with Crippen LogP contribution in [-0.2, 0) is 14.3 Å². The fourth-order valence-corrected chi connectivity index (χ4v) is 0.977. The van der Waals surface area contributed by atoms with Crippen molar-refractivity contribution < 1.29 is 19.4 Å². The molecule has 1 aliphatic heterocycles. The van der Waals surface area contributed by atoms with E-state index in [1.807, 2.05) is 0 Å². The van der Waals surface area contributed by atoms with Crippen molar-refractivity contribution in [3.63, 3.8) is 0 Å². The van der Waals surface area contributed by atoms with Gasteiger partial charge in [-0.25, -0.2) is 0 Å². The van der Waals surface area contributed by atoms with Gasteiger partial charge in [0.05, 0.1) is 13.2 Å². The van der Waals surface area contributed by atoms with Gasteiger partial charge in [-0.15, -0.1) is 0 Å². The molecule has 0 radical (unpaired) electrons. The fraction of sp³-hybridized carbons (Fsp3) is 0.714. The molecule has 0 amide bonds. The van der Waals surface area contributed by atoms with Crippen LogP contribution in [0.1, 0.15) is 0 Å². The summed E-state index contributed by atoms with van der Waals surface area (Å²) in [4.78, 5) is 14.5. The minimum absolute atomic E-state index is 0.105. The van der Waals surface area contributed by atoms with Crippen molar-refractivity contribution in [1.82, 2.24) is 0 Å². The summed E-state index contributed by atoms with van der Waals surface area (Å²) < 4.78 is 9.75. The van der Waals surface area contributed by atoms with Gasteiger partial charge in [-0.3, -0.25) is 9.79 Å². The number of aliphatic carboxylic acids is 1. The van der Waals surface area contributed by atoms with E-state index in [0.717, 1.165) is 0 Å². The SMILES string of the molecule is COCC(C(=O)O)C1=NCCO1. The van der Waals surface area contributed by atoms with E-state index in [1.54, 1.807) is 0 Å². The average molecular weight is 173 g/mol. The molecule has 1 unspecified atom stereocenters. The predicted molar refractivity (Wildman–Crippen MR) is 41.3 cm³/mol. The van der Waals surface area contributed by atoms with Crippen molar-refractivity contribution in [3.05, 3.63) is 0 Å². The maximum absolute atomic E-state index is 10.6. The molecule has 5 heteroatoms. The van der Waals surface area contributed by atoms with Gasteiger partial charge >= 0.3 is 5.97 Å². The Balaban J connectivity index is 2.58. The molecule has 0 aromatic rings. The Morgan fingerprint density at radius 3 is 3.08 bits per heavy atom. The van der Waals surface area contributed by atoms with Crippen molar-refractivity contribution in [2.24, 2.45) is 10.9 Å². The lowest BCUT2D eigenvalue weighted by Gasteiger charge is -2.09. The molecule has 0 aliphatic carbocycles. The van der Waals surface area contributed by atoms with E-state index in [2.05, 4.69) is 4.99 Å². The lowest BCUT2D eigenvalue weighted by Crippen LogP contribution is -2.28. The number of methoxy groups -OCH3 is 1. The average Bonchev–Trinajstić information content (AvgIpc) is 2.51. The number of carboxylic acid groups (broad SMARTS) is 1. The standard InChI is InChI=1S/C7H11NO4/c1-11-4-5(7(9)10)6-8-2-3-12-6/h5H,2-4H2,1H3,(H,9,10). The van der Waals surface area contributed by atoms with E-state index in [1.165, 1.54) is 7.11 Å². The van der Waals surface area contributed by atoms with Crippen LogP contribution in [0.25, 0.3) is 0 Å². The first-order chi connectivity index (χ1) is 5.75. The molecule has 0 saturated heterocycles. The van der Waals surface area contributed by atoms with Gasteiger partial charge in [-0.2, -0.15) is 0 Å². The van der Waals surface area contributed by atoms with Crippen LogP contribution in [-0.4, -0.2) is 43.8 Å². The van der Waals surface area contributed by atoms with Gasteiger partial charge in [-0.05, 0) is 0 Å². The Morgan fingerprint density at radius 2 is 2.67 bits per heavy atom.